The summed E-state index contributed by atoms with van der Waals surface area (Å²) >= 11 is 9.10. The number of benzene rings is 4. The van der Waals surface area contributed by atoms with Crippen LogP contribution in [0, 0.1) is 0 Å². The van der Waals surface area contributed by atoms with Crippen molar-refractivity contribution in [3.05, 3.63) is 137 Å². The van der Waals surface area contributed by atoms with Gasteiger partial charge in [-0.2, -0.15) is 0 Å². The molecule has 5 aromatic rings. The Balaban J connectivity index is 1.27. The van der Waals surface area contributed by atoms with Gasteiger partial charge in [-0.3, -0.25) is 9.59 Å². The number of aromatic nitrogens is 1. The molecule has 5 rings (SSSR count). The van der Waals surface area contributed by atoms with Gasteiger partial charge in [-0.1, -0.05) is 90.5 Å². The van der Waals surface area contributed by atoms with Gasteiger partial charge >= 0.3 is 0 Å². The fourth-order valence-electron chi connectivity index (χ4n) is 3.87. The smallest absolute Gasteiger partial charge is 0.248 e. The summed E-state index contributed by atoms with van der Waals surface area (Å²) in [6, 6.07) is 34.2. The Bertz CT molecular complexity index is 1620. The molecule has 2 N–H and O–H groups in total. The summed E-state index contributed by atoms with van der Waals surface area (Å²) in [4.78, 5) is 31.3. The van der Waals surface area contributed by atoms with E-state index >= 15 is 0 Å². The minimum atomic E-state index is -0.511. The van der Waals surface area contributed by atoms with E-state index < -0.39 is 5.25 Å². The molecule has 0 saturated carbocycles. The quantitative estimate of drug-likeness (QED) is 0.135. The Hall–Kier alpha value is -4.17. The van der Waals surface area contributed by atoms with Crippen molar-refractivity contribution >= 4 is 63.4 Å². The zero-order chi connectivity index (χ0) is 27.7. The molecule has 0 bridgehead atoms. The number of nitrogens with zero attached hydrogens (tertiary/aromatic N) is 1. The Kier molecular flexibility index (Phi) is 9.08. The topological polar surface area (TPSA) is 71.1 Å². The maximum absolute atomic E-state index is 13.5. The third kappa shape index (κ3) is 7.27. The minimum Gasteiger partial charge on any atom is -0.323 e. The first kappa shape index (κ1) is 27.4. The normalized spacial score (nSPS) is 11.7. The second-order valence-electron chi connectivity index (χ2n) is 8.67. The third-order valence-corrected chi connectivity index (χ3v) is 8.18. The average Bonchev–Trinajstić information content (AvgIpc) is 3.45. The maximum atomic E-state index is 13.5. The van der Waals surface area contributed by atoms with E-state index in [2.05, 4.69) is 15.6 Å². The van der Waals surface area contributed by atoms with E-state index in [0.717, 1.165) is 21.6 Å². The van der Waals surface area contributed by atoms with Crippen LogP contribution in [0.3, 0.4) is 0 Å². The zero-order valence-electron chi connectivity index (χ0n) is 21.2. The number of thiazole rings is 1. The van der Waals surface area contributed by atoms with Crippen LogP contribution >= 0.6 is 34.7 Å². The first-order valence-electron chi connectivity index (χ1n) is 12.4. The van der Waals surface area contributed by atoms with Crippen molar-refractivity contribution in [1.82, 2.24) is 4.98 Å². The molecule has 4 aromatic carbocycles. The molecule has 1 atom stereocenters. The van der Waals surface area contributed by atoms with Crippen LogP contribution < -0.4 is 10.6 Å². The molecule has 2 amide bonds. The first-order chi connectivity index (χ1) is 19.5. The Morgan fingerprint density at radius 1 is 0.825 bits per heavy atom. The highest BCUT2D eigenvalue weighted by molar-refractivity contribution is 8.00. The largest absolute Gasteiger partial charge is 0.323 e. The summed E-state index contributed by atoms with van der Waals surface area (Å²) in [6.45, 7) is 0. The number of amides is 2. The summed E-state index contributed by atoms with van der Waals surface area (Å²) in [6.07, 6.45) is 3.27. The number of carbonyl (C=O) groups excluding carboxylic acids is 2. The molecule has 0 saturated heterocycles. The van der Waals surface area contributed by atoms with Crippen LogP contribution in [0.2, 0.25) is 5.02 Å². The first-order valence-corrected chi connectivity index (χ1v) is 14.6. The van der Waals surface area contributed by atoms with Gasteiger partial charge in [-0.05, 0) is 47.5 Å². The van der Waals surface area contributed by atoms with Crippen molar-refractivity contribution < 1.29 is 9.59 Å². The Morgan fingerprint density at radius 3 is 2.23 bits per heavy atom. The Morgan fingerprint density at radius 2 is 1.50 bits per heavy atom. The van der Waals surface area contributed by atoms with Gasteiger partial charge in [0.25, 0.3) is 0 Å². The highest BCUT2D eigenvalue weighted by Crippen LogP contribution is 2.37. The number of hydrogen-bond donors (Lipinski definition) is 2. The van der Waals surface area contributed by atoms with Gasteiger partial charge in [0.15, 0.2) is 5.13 Å². The standard InChI is InChI=1S/C32H24ClN3O2S2/c33-27-14-8-7-13-26(27)28-21-39-32(35-28)36-31(38)30(23-11-5-2-6-12-23)40-25-18-16-24(17-19-25)34-29(37)20-15-22-9-3-1-4-10-22/h1-21,30H,(H,34,37)(H,35,36,38)/b20-15+. The van der Waals surface area contributed by atoms with Crippen LogP contribution in [0.4, 0.5) is 10.8 Å². The number of rotatable bonds is 9. The van der Waals surface area contributed by atoms with Crippen molar-refractivity contribution in [2.75, 3.05) is 10.6 Å². The van der Waals surface area contributed by atoms with Gasteiger partial charge in [0.1, 0.15) is 5.25 Å². The predicted octanol–water partition coefficient (Wildman–Crippen LogP) is 8.59. The van der Waals surface area contributed by atoms with Crippen molar-refractivity contribution in [3.8, 4) is 11.3 Å². The Labute approximate surface area is 246 Å². The predicted molar refractivity (Wildman–Crippen MR) is 167 cm³/mol. The lowest BCUT2D eigenvalue weighted by atomic mass is 10.1. The molecule has 1 unspecified atom stereocenters. The molecule has 1 aromatic heterocycles. The molecule has 0 fully saturated rings. The van der Waals surface area contributed by atoms with Gasteiger partial charge in [-0.25, -0.2) is 4.98 Å². The third-order valence-electron chi connectivity index (χ3n) is 5.83. The molecule has 5 nitrogen and oxygen atoms in total. The summed E-state index contributed by atoms with van der Waals surface area (Å²) in [7, 11) is 0. The van der Waals surface area contributed by atoms with E-state index in [1.165, 1.54) is 29.2 Å². The molecular formula is C32H24ClN3O2S2. The second kappa shape index (κ2) is 13.3. The fourth-order valence-corrected chi connectivity index (χ4v) is 5.84. The number of carbonyl (C=O) groups is 2. The molecule has 0 aliphatic carbocycles. The lowest BCUT2D eigenvalue weighted by Gasteiger charge is -2.16. The van der Waals surface area contributed by atoms with Crippen LogP contribution in [0.25, 0.3) is 17.3 Å². The number of anilines is 2. The van der Waals surface area contributed by atoms with E-state index in [4.69, 9.17) is 11.6 Å². The fraction of sp³-hybridized carbons (Fsp3) is 0.0312. The van der Waals surface area contributed by atoms with Crippen molar-refractivity contribution in [2.24, 2.45) is 0 Å². The molecular weight excluding hydrogens is 558 g/mol. The molecule has 8 heteroatoms. The van der Waals surface area contributed by atoms with Crippen LogP contribution in [0.5, 0.6) is 0 Å². The number of thioether (sulfide) groups is 1. The van der Waals surface area contributed by atoms with E-state index in [0.29, 0.717) is 21.5 Å². The van der Waals surface area contributed by atoms with Gasteiger partial charge in [0.2, 0.25) is 11.8 Å². The highest BCUT2D eigenvalue weighted by Gasteiger charge is 2.23. The van der Waals surface area contributed by atoms with E-state index in [1.807, 2.05) is 115 Å². The summed E-state index contributed by atoms with van der Waals surface area (Å²) in [5.74, 6) is -0.398. The monoisotopic (exact) mass is 581 g/mol. The molecule has 0 spiro atoms. The summed E-state index contributed by atoms with van der Waals surface area (Å²) in [5, 5.41) is 8.32. The van der Waals surface area contributed by atoms with Gasteiger partial charge in [0.05, 0.1) is 5.69 Å². The lowest BCUT2D eigenvalue weighted by Crippen LogP contribution is -2.19. The molecule has 0 radical (unpaired) electrons. The van der Waals surface area contributed by atoms with E-state index in [-0.39, 0.29) is 11.8 Å². The minimum absolute atomic E-state index is 0.181. The molecule has 0 aliphatic rings. The van der Waals surface area contributed by atoms with Gasteiger partial charge in [0, 0.05) is 32.6 Å². The number of halogens is 1. The summed E-state index contributed by atoms with van der Waals surface area (Å²) < 4.78 is 0. The number of nitrogens with one attached hydrogen (secondary N) is 2. The van der Waals surface area contributed by atoms with E-state index in [1.54, 1.807) is 6.08 Å². The van der Waals surface area contributed by atoms with E-state index in [9.17, 15) is 9.59 Å². The summed E-state index contributed by atoms with van der Waals surface area (Å²) in [5.41, 5.74) is 4.02. The number of hydrogen-bond acceptors (Lipinski definition) is 5. The van der Waals surface area contributed by atoms with Crippen molar-refractivity contribution in [2.45, 2.75) is 10.1 Å². The molecule has 1 heterocycles. The zero-order valence-corrected chi connectivity index (χ0v) is 23.5. The lowest BCUT2D eigenvalue weighted by molar-refractivity contribution is -0.116. The SMILES string of the molecule is O=C(/C=C/c1ccccc1)Nc1ccc(SC(C(=O)Nc2nc(-c3ccccc3Cl)cs2)c2ccccc2)cc1. The van der Waals surface area contributed by atoms with Crippen LogP contribution in [0.15, 0.2) is 126 Å². The van der Waals surface area contributed by atoms with Crippen LogP contribution in [0.1, 0.15) is 16.4 Å². The average molecular weight is 582 g/mol. The van der Waals surface area contributed by atoms with Gasteiger partial charge < -0.3 is 10.6 Å². The molecule has 0 aliphatic heterocycles. The molecule has 40 heavy (non-hydrogen) atoms. The second-order valence-corrected chi connectivity index (χ2v) is 11.1. The van der Waals surface area contributed by atoms with Gasteiger partial charge in [-0.15, -0.1) is 23.1 Å². The van der Waals surface area contributed by atoms with Crippen molar-refractivity contribution in [3.63, 3.8) is 0 Å². The highest BCUT2D eigenvalue weighted by atomic mass is 35.5. The molecule has 198 valence electrons. The van der Waals surface area contributed by atoms with Crippen LogP contribution in [-0.4, -0.2) is 16.8 Å². The van der Waals surface area contributed by atoms with Crippen molar-refractivity contribution in [1.29, 1.82) is 0 Å². The maximum Gasteiger partial charge on any atom is 0.248 e. The van der Waals surface area contributed by atoms with Crippen LogP contribution in [-0.2, 0) is 9.59 Å².